The van der Waals surface area contributed by atoms with Crippen LogP contribution in [0.4, 0.5) is 0 Å². The first-order valence-electron chi connectivity index (χ1n) is 7.76. The summed E-state index contributed by atoms with van der Waals surface area (Å²) in [7, 11) is 3.43. The number of methoxy groups -OCH3 is 1. The number of ether oxygens (including phenoxy) is 2. The molecule has 0 radical (unpaired) electrons. The zero-order valence-corrected chi connectivity index (χ0v) is 13.5. The van der Waals surface area contributed by atoms with Crippen molar-refractivity contribution >= 4 is 5.91 Å². The van der Waals surface area contributed by atoms with Gasteiger partial charge in [-0.15, -0.1) is 0 Å². The minimum atomic E-state index is -0.0791. The van der Waals surface area contributed by atoms with Crippen LogP contribution in [0.25, 0.3) is 0 Å². The van der Waals surface area contributed by atoms with Crippen molar-refractivity contribution in [2.45, 2.75) is 19.4 Å². The van der Waals surface area contributed by atoms with Crippen molar-refractivity contribution in [3.8, 4) is 11.5 Å². The lowest BCUT2D eigenvalue weighted by atomic mass is 10.3. The van der Waals surface area contributed by atoms with Gasteiger partial charge in [-0.25, -0.2) is 0 Å². The van der Waals surface area contributed by atoms with Gasteiger partial charge >= 0.3 is 0 Å². The maximum Gasteiger partial charge on any atom is 0.289 e. The second-order valence-corrected chi connectivity index (χ2v) is 5.86. The molecule has 0 atom stereocenters. The molecule has 23 heavy (non-hydrogen) atoms. The minimum absolute atomic E-state index is 0.0791. The number of benzene rings is 1. The van der Waals surface area contributed by atoms with E-state index in [9.17, 15) is 4.79 Å². The largest absolute Gasteiger partial charge is 0.497 e. The fourth-order valence-corrected chi connectivity index (χ4v) is 2.37. The van der Waals surface area contributed by atoms with E-state index in [1.165, 1.54) is 12.8 Å². The number of nitrogens with zero attached hydrogens (tertiary/aromatic N) is 1. The van der Waals surface area contributed by atoms with Crippen LogP contribution in [0.15, 0.2) is 40.8 Å². The molecule has 0 spiro atoms. The molecular weight excluding hydrogens is 294 g/mol. The van der Waals surface area contributed by atoms with E-state index in [1.807, 2.05) is 25.2 Å². The van der Waals surface area contributed by atoms with E-state index in [4.69, 9.17) is 13.9 Å². The molecule has 1 aliphatic carbocycles. The second-order valence-electron chi connectivity index (χ2n) is 5.86. The predicted molar refractivity (Wildman–Crippen MR) is 85.7 cm³/mol. The quantitative estimate of drug-likeness (QED) is 0.786. The van der Waals surface area contributed by atoms with Gasteiger partial charge in [0.15, 0.2) is 5.76 Å². The molecule has 0 aliphatic heterocycles. The summed E-state index contributed by atoms with van der Waals surface area (Å²) in [4.78, 5) is 14.0. The lowest BCUT2D eigenvalue weighted by Crippen LogP contribution is -2.28. The van der Waals surface area contributed by atoms with Crippen molar-refractivity contribution in [2.75, 3.05) is 20.7 Å². The number of hydrogen-bond donors (Lipinski definition) is 0. The van der Waals surface area contributed by atoms with Crippen LogP contribution in [0.3, 0.4) is 0 Å². The smallest absolute Gasteiger partial charge is 0.289 e. The summed E-state index contributed by atoms with van der Waals surface area (Å²) in [5, 5.41) is 0. The Kier molecular flexibility index (Phi) is 4.55. The monoisotopic (exact) mass is 315 g/mol. The summed E-state index contributed by atoms with van der Waals surface area (Å²) in [6.07, 6.45) is 2.44. The number of rotatable bonds is 7. The average molecular weight is 315 g/mol. The Bertz CT molecular complexity index is 675. The average Bonchev–Trinajstić information content (AvgIpc) is 3.26. The number of amides is 1. The molecule has 1 amide bonds. The number of carbonyl (C=O) groups is 1. The molecule has 0 saturated heterocycles. The Morgan fingerprint density at radius 3 is 2.78 bits per heavy atom. The van der Waals surface area contributed by atoms with Crippen molar-refractivity contribution in [2.24, 2.45) is 5.92 Å². The lowest BCUT2D eigenvalue weighted by Gasteiger charge is -2.14. The van der Waals surface area contributed by atoms with E-state index in [2.05, 4.69) is 0 Å². The van der Waals surface area contributed by atoms with Crippen LogP contribution < -0.4 is 9.47 Å². The molecular formula is C18H21NO4. The molecule has 1 heterocycles. The topological polar surface area (TPSA) is 51.9 Å². The van der Waals surface area contributed by atoms with Crippen LogP contribution in [0, 0.1) is 5.92 Å². The molecule has 1 aliphatic rings. The first-order valence-corrected chi connectivity index (χ1v) is 7.76. The van der Waals surface area contributed by atoms with E-state index in [0.29, 0.717) is 23.2 Å². The molecule has 1 aromatic carbocycles. The summed E-state index contributed by atoms with van der Waals surface area (Å²) in [6.45, 7) is 1.07. The van der Waals surface area contributed by atoms with Crippen LogP contribution in [0.5, 0.6) is 11.5 Å². The summed E-state index contributed by atoms with van der Waals surface area (Å²) in [5.74, 6) is 2.99. The third-order valence-electron chi connectivity index (χ3n) is 3.87. The number of furan rings is 1. The molecule has 5 nitrogen and oxygen atoms in total. The molecule has 1 fully saturated rings. The Hall–Kier alpha value is -2.43. The summed E-state index contributed by atoms with van der Waals surface area (Å²) in [6, 6.07) is 10.8. The molecule has 5 heteroatoms. The van der Waals surface area contributed by atoms with Gasteiger partial charge in [-0.2, -0.15) is 0 Å². The third-order valence-corrected chi connectivity index (χ3v) is 3.87. The normalized spacial score (nSPS) is 13.7. The van der Waals surface area contributed by atoms with Crippen LogP contribution in [-0.4, -0.2) is 31.5 Å². The molecule has 0 N–H and O–H groups in total. The van der Waals surface area contributed by atoms with Gasteiger partial charge in [-0.3, -0.25) is 4.79 Å². The maximum absolute atomic E-state index is 12.3. The standard InChI is InChI=1S/C18H21NO4/c1-19(11-13-6-7-13)18(20)17-9-8-16(23-17)12-22-15-5-3-4-14(10-15)21-2/h3-5,8-10,13H,6-7,11-12H2,1-2H3. The van der Waals surface area contributed by atoms with Gasteiger partial charge in [-0.1, -0.05) is 6.07 Å². The first kappa shape index (κ1) is 15.5. The zero-order valence-electron chi connectivity index (χ0n) is 13.5. The van der Waals surface area contributed by atoms with E-state index in [1.54, 1.807) is 30.2 Å². The van der Waals surface area contributed by atoms with Crippen LogP contribution in [0.2, 0.25) is 0 Å². The van der Waals surface area contributed by atoms with Crippen molar-refractivity contribution in [3.63, 3.8) is 0 Å². The third kappa shape index (κ3) is 4.06. The highest BCUT2D eigenvalue weighted by atomic mass is 16.5. The van der Waals surface area contributed by atoms with Gasteiger partial charge in [0.1, 0.15) is 23.9 Å². The Balaban J connectivity index is 1.56. The van der Waals surface area contributed by atoms with E-state index >= 15 is 0 Å². The Morgan fingerprint density at radius 1 is 1.26 bits per heavy atom. The lowest BCUT2D eigenvalue weighted by molar-refractivity contribution is 0.0753. The second kappa shape index (κ2) is 6.77. The molecule has 1 aromatic heterocycles. The van der Waals surface area contributed by atoms with Gasteiger partial charge in [-0.05, 0) is 43.0 Å². The molecule has 1 saturated carbocycles. The fourth-order valence-electron chi connectivity index (χ4n) is 2.37. The summed E-state index contributed by atoms with van der Waals surface area (Å²) in [5.41, 5.74) is 0. The van der Waals surface area contributed by atoms with E-state index in [0.717, 1.165) is 12.3 Å². The van der Waals surface area contributed by atoms with Crippen LogP contribution >= 0.6 is 0 Å². The van der Waals surface area contributed by atoms with E-state index < -0.39 is 0 Å². The molecule has 0 unspecified atom stereocenters. The highest BCUT2D eigenvalue weighted by Crippen LogP contribution is 2.29. The fraction of sp³-hybridized carbons (Fsp3) is 0.389. The van der Waals surface area contributed by atoms with Gasteiger partial charge in [0.05, 0.1) is 7.11 Å². The van der Waals surface area contributed by atoms with E-state index in [-0.39, 0.29) is 12.5 Å². The number of carbonyl (C=O) groups excluding carboxylic acids is 1. The summed E-state index contributed by atoms with van der Waals surface area (Å²) >= 11 is 0. The van der Waals surface area contributed by atoms with Crippen LogP contribution in [0.1, 0.15) is 29.2 Å². The molecule has 0 bridgehead atoms. The number of hydrogen-bond acceptors (Lipinski definition) is 4. The highest BCUT2D eigenvalue weighted by Gasteiger charge is 2.26. The molecule has 2 aromatic rings. The summed E-state index contributed by atoms with van der Waals surface area (Å²) < 4.78 is 16.4. The van der Waals surface area contributed by atoms with Crippen molar-refractivity contribution in [1.29, 1.82) is 0 Å². The van der Waals surface area contributed by atoms with Gasteiger partial charge in [0.2, 0.25) is 0 Å². The Labute approximate surface area is 135 Å². The zero-order chi connectivity index (χ0) is 16.2. The van der Waals surface area contributed by atoms with Crippen LogP contribution in [-0.2, 0) is 6.61 Å². The van der Waals surface area contributed by atoms with Crippen molar-refractivity contribution in [1.82, 2.24) is 4.90 Å². The minimum Gasteiger partial charge on any atom is -0.497 e. The van der Waals surface area contributed by atoms with Crippen molar-refractivity contribution in [3.05, 3.63) is 47.9 Å². The van der Waals surface area contributed by atoms with Gasteiger partial charge in [0.25, 0.3) is 5.91 Å². The predicted octanol–water partition coefficient (Wildman–Crippen LogP) is 3.35. The van der Waals surface area contributed by atoms with Gasteiger partial charge in [0, 0.05) is 19.7 Å². The highest BCUT2D eigenvalue weighted by molar-refractivity contribution is 5.91. The Morgan fingerprint density at radius 2 is 2.04 bits per heavy atom. The van der Waals surface area contributed by atoms with Gasteiger partial charge < -0.3 is 18.8 Å². The van der Waals surface area contributed by atoms with Crippen molar-refractivity contribution < 1.29 is 18.7 Å². The molecule has 3 rings (SSSR count). The molecule has 122 valence electrons. The maximum atomic E-state index is 12.3. The first-order chi connectivity index (χ1) is 11.2. The SMILES string of the molecule is COc1cccc(OCc2ccc(C(=O)N(C)CC3CC3)o2)c1.